The number of carbonyl (C=O) groups is 1. The highest BCUT2D eigenvalue weighted by Gasteiger charge is 2.31. The first-order valence-electron chi connectivity index (χ1n) is 9.62. The number of benzene rings is 2. The average molecular weight is 438 g/mol. The largest absolute Gasteiger partial charge is 0.433 e. The Labute approximate surface area is 174 Å². The molecule has 1 heterocycles. The molecule has 2 unspecified atom stereocenters. The molecular weight excluding hydrogens is 414 g/mol. The molecule has 9 heteroatoms. The van der Waals surface area contributed by atoms with E-state index in [-0.39, 0.29) is 33.7 Å². The fraction of sp³-hybridized carbons (Fsp3) is 0.381. The Balaban J connectivity index is 1.75. The van der Waals surface area contributed by atoms with Crippen molar-refractivity contribution >= 4 is 21.6 Å². The van der Waals surface area contributed by atoms with Gasteiger partial charge in [-0.2, -0.15) is 13.1 Å². The lowest BCUT2D eigenvalue weighted by molar-refractivity contribution is -0.0493. The number of ether oxygens (including phenoxy) is 1. The van der Waals surface area contributed by atoms with Crippen LogP contribution >= 0.6 is 0 Å². The third kappa shape index (κ3) is 5.14. The standard InChI is InChI=1S/C21H24F2N2O4S/c1-14-11-15(2)13-25(12-14)30(27,28)17-9-7-16(8-10-17)20(26)24-18-5-3-4-6-19(18)29-21(22)23/h3-10,14-15,21H,11-13H2,1-2H3,(H,24,26). The van der Waals surface area contributed by atoms with Crippen LogP contribution in [0.1, 0.15) is 30.6 Å². The fourth-order valence-corrected chi connectivity index (χ4v) is 5.37. The number of sulfonamides is 1. The number of anilines is 1. The molecule has 2 aromatic carbocycles. The molecular formula is C21H24F2N2O4S. The summed E-state index contributed by atoms with van der Waals surface area (Å²) in [6.45, 7) is 1.97. The summed E-state index contributed by atoms with van der Waals surface area (Å²) in [5.41, 5.74) is 0.289. The number of para-hydroxylation sites is 2. The van der Waals surface area contributed by atoms with Gasteiger partial charge in [0.05, 0.1) is 10.6 Å². The zero-order valence-corrected chi connectivity index (χ0v) is 17.5. The van der Waals surface area contributed by atoms with E-state index in [2.05, 4.69) is 10.1 Å². The van der Waals surface area contributed by atoms with Crippen LogP contribution in [0.3, 0.4) is 0 Å². The van der Waals surface area contributed by atoms with Crippen LogP contribution in [-0.4, -0.2) is 38.3 Å². The summed E-state index contributed by atoms with van der Waals surface area (Å²) in [6, 6.07) is 11.4. The molecule has 1 amide bonds. The number of piperidine rings is 1. The molecule has 1 aliphatic heterocycles. The highest BCUT2D eigenvalue weighted by atomic mass is 32.2. The minimum atomic E-state index is -3.65. The lowest BCUT2D eigenvalue weighted by Gasteiger charge is -2.34. The Hall–Kier alpha value is -2.52. The summed E-state index contributed by atoms with van der Waals surface area (Å²) in [5.74, 6) is -0.161. The Morgan fingerprint density at radius 2 is 1.67 bits per heavy atom. The Morgan fingerprint density at radius 3 is 2.27 bits per heavy atom. The third-order valence-corrected chi connectivity index (χ3v) is 6.79. The van der Waals surface area contributed by atoms with E-state index in [0.717, 1.165) is 6.42 Å². The molecule has 162 valence electrons. The fourth-order valence-electron chi connectivity index (χ4n) is 3.69. The lowest BCUT2D eigenvalue weighted by atomic mass is 9.94. The maximum Gasteiger partial charge on any atom is 0.387 e. The van der Waals surface area contributed by atoms with Gasteiger partial charge >= 0.3 is 6.61 Å². The van der Waals surface area contributed by atoms with Gasteiger partial charge in [-0.1, -0.05) is 26.0 Å². The van der Waals surface area contributed by atoms with Crippen molar-refractivity contribution in [2.24, 2.45) is 11.8 Å². The Kier molecular flexibility index (Phi) is 6.72. The van der Waals surface area contributed by atoms with Gasteiger partial charge in [-0.3, -0.25) is 4.79 Å². The molecule has 0 aromatic heterocycles. The molecule has 1 fully saturated rings. The van der Waals surface area contributed by atoms with Gasteiger partial charge in [-0.25, -0.2) is 8.42 Å². The van der Waals surface area contributed by atoms with Gasteiger partial charge in [0, 0.05) is 18.7 Å². The van der Waals surface area contributed by atoms with E-state index >= 15 is 0 Å². The normalized spacial score (nSPS) is 20.2. The van der Waals surface area contributed by atoms with Crippen molar-refractivity contribution in [1.82, 2.24) is 4.31 Å². The second-order valence-electron chi connectivity index (χ2n) is 7.62. The average Bonchev–Trinajstić information content (AvgIpc) is 2.68. The number of nitrogens with one attached hydrogen (secondary N) is 1. The zero-order valence-electron chi connectivity index (χ0n) is 16.7. The molecule has 1 aliphatic rings. The highest BCUT2D eigenvalue weighted by molar-refractivity contribution is 7.89. The maximum absolute atomic E-state index is 12.9. The first-order valence-corrected chi connectivity index (χ1v) is 11.1. The molecule has 1 saturated heterocycles. The van der Waals surface area contributed by atoms with Gasteiger partial charge < -0.3 is 10.1 Å². The number of halogens is 2. The molecule has 0 spiro atoms. The van der Waals surface area contributed by atoms with Gasteiger partial charge in [-0.15, -0.1) is 0 Å². The van der Waals surface area contributed by atoms with Crippen molar-refractivity contribution in [1.29, 1.82) is 0 Å². The van der Waals surface area contributed by atoms with Crippen LogP contribution in [-0.2, 0) is 10.0 Å². The monoisotopic (exact) mass is 438 g/mol. The minimum Gasteiger partial charge on any atom is -0.433 e. The highest BCUT2D eigenvalue weighted by Crippen LogP contribution is 2.28. The van der Waals surface area contributed by atoms with Crippen molar-refractivity contribution in [3.63, 3.8) is 0 Å². The molecule has 0 aliphatic carbocycles. The smallest absolute Gasteiger partial charge is 0.387 e. The van der Waals surface area contributed by atoms with Gasteiger partial charge in [-0.05, 0) is 54.7 Å². The molecule has 2 aromatic rings. The summed E-state index contributed by atoms with van der Waals surface area (Å²) in [5, 5.41) is 2.51. The van der Waals surface area contributed by atoms with E-state index in [1.54, 1.807) is 6.07 Å². The lowest BCUT2D eigenvalue weighted by Crippen LogP contribution is -2.42. The number of hydrogen-bond donors (Lipinski definition) is 1. The SMILES string of the molecule is CC1CC(C)CN(S(=O)(=O)c2ccc(C(=O)Nc3ccccc3OC(F)F)cc2)C1. The summed E-state index contributed by atoms with van der Waals surface area (Å²) in [7, 11) is -3.65. The Bertz CT molecular complexity index is 986. The molecule has 2 atom stereocenters. The Morgan fingerprint density at radius 1 is 1.07 bits per heavy atom. The second-order valence-corrected chi connectivity index (χ2v) is 9.56. The number of hydrogen-bond acceptors (Lipinski definition) is 4. The van der Waals surface area contributed by atoms with Crippen LogP contribution in [0.2, 0.25) is 0 Å². The summed E-state index contributed by atoms with van der Waals surface area (Å²) in [4.78, 5) is 12.6. The van der Waals surface area contributed by atoms with Crippen molar-refractivity contribution in [3.8, 4) is 5.75 Å². The molecule has 6 nitrogen and oxygen atoms in total. The topological polar surface area (TPSA) is 75.7 Å². The molecule has 30 heavy (non-hydrogen) atoms. The van der Waals surface area contributed by atoms with Crippen molar-refractivity contribution in [2.45, 2.75) is 31.8 Å². The zero-order chi connectivity index (χ0) is 21.9. The molecule has 1 N–H and O–H groups in total. The van der Waals surface area contributed by atoms with E-state index < -0.39 is 22.5 Å². The van der Waals surface area contributed by atoms with Crippen LogP contribution in [0.15, 0.2) is 53.4 Å². The number of nitrogens with zero attached hydrogens (tertiary/aromatic N) is 1. The van der Waals surface area contributed by atoms with E-state index in [1.165, 1.54) is 46.8 Å². The van der Waals surface area contributed by atoms with Crippen LogP contribution in [0.25, 0.3) is 0 Å². The van der Waals surface area contributed by atoms with Gasteiger partial charge in [0.1, 0.15) is 5.75 Å². The summed E-state index contributed by atoms with van der Waals surface area (Å²) in [6.07, 6.45) is 0.988. The molecule has 0 radical (unpaired) electrons. The van der Waals surface area contributed by atoms with Gasteiger partial charge in [0.25, 0.3) is 5.91 Å². The van der Waals surface area contributed by atoms with Crippen LogP contribution < -0.4 is 10.1 Å². The van der Waals surface area contributed by atoms with Gasteiger partial charge in [0.15, 0.2) is 0 Å². The van der Waals surface area contributed by atoms with Crippen LogP contribution in [0.5, 0.6) is 5.75 Å². The maximum atomic E-state index is 12.9. The number of amides is 1. The van der Waals surface area contributed by atoms with E-state index in [9.17, 15) is 22.0 Å². The van der Waals surface area contributed by atoms with Crippen molar-refractivity contribution < 1.29 is 26.7 Å². The quantitative estimate of drug-likeness (QED) is 0.733. The third-order valence-electron chi connectivity index (χ3n) is 4.94. The second kappa shape index (κ2) is 9.09. The minimum absolute atomic E-state index is 0.0933. The first kappa shape index (κ1) is 22.2. The number of carbonyl (C=O) groups excluding carboxylic acids is 1. The van der Waals surface area contributed by atoms with Crippen LogP contribution in [0.4, 0.5) is 14.5 Å². The summed E-state index contributed by atoms with van der Waals surface area (Å²) >= 11 is 0. The van der Waals surface area contributed by atoms with E-state index in [0.29, 0.717) is 13.1 Å². The molecule has 0 saturated carbocycles. The predicted octanol–water partition coefficient (Wildman–Crippen LogP) is 4.21. The molecule has 0 bridgehead atoms. The first-order chi connectivity index (χ1) is 14.2. The van der Waals surface area contributed by atoms with Crippen molar-refractivity contribution in [3.05, 3.63) is 54.1 Å². The van der Waals surface area contributed by atoms with E-state index in [1.807, 2.05) is 13.8 Å². The van der Waals surface area contributed by atoms with Crippen molar-refractivity contribution in [2.75, 3.05) is 18.4 Å². The molecule has 3 rings (SSSR count). The van der Waals surface area contributed by atoms with Gasteiger partial charge in [0.2, 0.25) is 10.0 Å². The number of rotatable bonds is 6. The van der Waals surface area contributed by atoms with Crippen LogP contribution in [0, 0.1) is 11.8 Å². The number of alkyl halides is 2. The van der Waals surface area contributed by atoms with E-state index in [4.69, 9.17) is 0 Å². The predicted molar refractivity (Wildman–Crippen MR) is 109 cm³/mol. The summed E-state index contributed by atoms with van der Waals surface area (Å²) < 4.78 is 56.8.